The van der Waals surface area contributed by atoms with Crippen molar-refractivity contribution in [3.8, 4) is 22.5 Å². The molecule has 0 atom stereocenters. The van der Waals surface area contributed by atoms with Gasteiger partial charge in [0.05, 0.1) is 11.4 Å². The van der Waals surface area contributed by atoms with E-state index in [2.05, 4.69) is 9.55 Å². The molecule has 3 nitrogen and oxygen atoms in total. The van der Waals surface area contributed by atoms with E-state index in [0.29, 0.717) is 0 Å². The molecule has 0 amide bonds. The van der Waals surface area contributed by atoms with Gasteiger partial charge in [0.1, 0.15) is 11.6 Å². The van der Waals surface area contributed by atoms with Crippen LogP contribution in [0.1, 0.15) is 18.7 Å². The molecule has 4 rings (SSSR count). The summed E-state index contributed by atoms with van der Waals surface area (Å²) in [5, 5.41) is 0. The van der Waals surface area contributed by atoms with Crippen LogP contribution >= 0.6 is 0 Å². The molecular formula is C18H16FN3. The first-order valence-electron chi connectivity index (χ1n) is 7.58. The molecule has 0 fully saturated rings. The van der Waals surface area contributed by atoms with E-state index in [4.69, 9.17) is 4.98 Å². The number of pyridine rings is 1. The molecule has 0 spiro atoms. The summed E-state index contributed by atoms with van der Waals surface area (Å²) in [7, 11) is 0. The number of rotatable bonds is 2. The van der Waals surface area contributed by atoms with Crippen LogP contribution in [0, 0.1) is 5.82 Å². The fourth-order valence-electron chi connectivity index (χ4n) is 3.10. The first-order chi connectivity index (χ1) is 10.8. The molecule has 1 aliphatic heterocycles. The predicted octanol–water partition coefficient (Wildman–Crippen LogP) is 4.09. The Hall–Kier alpha value is -2.49. The number of fused-ring (bicyclic) bond motifs is 1. The van der Waals surface area contributed by atoms with E-state index in [1.54, 1.807) is 24.5 Å². The summed E-state index contributed by atoms with van der Waals surface area (Å²) in [5.74, 6) is 0.899. The number of nitrogens with zero attached hydrogens (tertiary/aromatic N) is 3. The quantitative estimate of drug-likeness (QED) is 0.712. The van der Waals surface area contributed by atoms with E-state index >= 15 is 0 Å². The zero-order valence-corrected chi connectivity index (χ0v) is 12.2. The van der Waals surface area contributed by atoms with Crippen LogP contribution < -0.4 is 0 Å². The number of aromatic nitrogens is 3. The molecule has 3 aromatic rings. The van der Waals surface area contributed by atoms with Gasteiger partial charge in [0.15, 0.2) is 0 Å². The molecule has 1 aliphatic rings. The minimum atomic E-state index is -0.224. The fraction of sp³-hybridized carbons (Fsp3) is 0.222. The SMILES string of the molecule is Fc1ccc(-c2nc3n(c2-c2ccncc2)CCCC3)cc1. The van der Waals surface area contributed by atoms with Crippen molar-refractivity contribution >= 4 is 0 Å². The largest absolute Gasteiger partial charge is 0.327 e. The molecule has 110 valence electrons. The van der Waals surface area contributed by atoms with Gasteiger partial charge < -0.3 is 4.57 Å². The van der Waals surface area contributed by atoms with Gasteiger partial charge in [0, 0.05) is 36.5 Å². The smallest absolute Gasteiger partial charge is 0.123 e. The zero-order valence-electron chi connectivity index (χ0n) is 12.2. The molecule has 0 radical (unpaired) electrons. The molecule has 0 bridgehead atoms. The van der Waals surface area contributed by atoms with Crippen LogP contribution in [-0.2, 0) is 13.0 Å². The lowest BCUT2D eigenvalue weighted by atomic mass is 10.1. The van der Waals surface area contributed by atoms with Crippen LogP contribution in [0.5, 0.6) is 0 Å². The lowest BCUT2D eigenvalue weighted by molar-refractivity contribution is 0.526. The van der Waals surface area contributed by atoms with Crippen LogP contribution in [0.25, 0.3) is 22.5 Å². The molecule has 1 aromatic carbocycles. The number of hydrogen-bond acceptors (Lipinski definition) is 2. The van der Waals surface area contributed by atoms with Crippen molar-refractivity contribution in [1.82, 2.24) is 14.5 Å². The molecule has 4 heteroatoms. The maximum Gasteiger partial charge on any atom is 0.123 e. The van der Waals surface area contributed by atoms with Gasteiger partial charge in [-0.15, -0.1) is 0 Å². The second kappa shape index (κ2) is 5.37. The molecule has 22 heavy (non-hydrogen) atoms. The maximum atomic E-state index is 13.2. The van der Waals surface area contributed by atoms with Crippen LogP contribution in [0.4, 0.5) is 4.39 Å². The second-order valence-corrected chi connectivity index (χ2v) is 5.58. The number of imidazole rings is 1. The van der Waals surface area contributed by atoms with Crippen molar-refractivity contribution in [1.29, 1.82) is 0 Å². The Balaban J connectivity index is 1.94. The third-order valence-corrected chi connectivity index (χ3v) is 4.15. The summed E-state index contributed by atoms with van der Waals surface area (Å²) in [4.78, 5) is 8.95. The third-order valence-electron chi connectivity index (χ3n) is 4.15. The van der Waals surface area contributed by atoms with E-state index in [1.165, 1.54) is 25.0 Å². The minimum Gasteiger partial charge on any atom is -0.327 e. The number of benzene rings is 1. The molecule has 0 unspecified atom stereocenters. The van der Waals surface area contributed by atoms with Gasteiger partial charge in [-0.3, -0.25) is 4.98 Å². The Bertz CT molecular complexity index is 791. The van der Waals surface area contributed by atoms with Crippen molar-refractivity contribution in [3.05, 3.63) is 60.4 Å². The summed E-state index contributed by atoms with van der Waals surface area (Å²) >= 11 is 0. The second-order valence-electron chi connectivity index (χ2n) is 5.58. The Kier molecular flexibility index (Phi) is 3.22. The number of halogens is 1. The average Bonchev–Trinajstić information content (AvgIpc) is 2.96. The lowest BCUT2D eigenvalue weighted by Crippen LogP contribution is -2.11. The topological polar surface area (TPSA) is 30.7 Å². The number of aryl methyl sites for hydroxylation is 1. The summed E-state index contributed by atoms with van der Waals surface area (Å²) in [6.07, 6.45) is 6.94. The summed E-state index contributed by atoms with van der Waals surface area (Å²) in [6.45, 7) is 0.987. The first kappa shape index (κ1) is 13.2. The fourth-order valence-corrected chi connectivity index (χ4v) is 3.10. The van der Waals surface area contributed by atoms with Gasteiger partial charge in [-0.2, -0.15) is 0 Å². The Morgan fingerprint density at radius 3 is 2.45 bits per heavy atom. The molecule has 0 N–H and O–H groups in total. The highest BCUT2D eigenvalue weighted by molar-refractivity contribution is 5.79. The van der Waals surface area contributed by atoms with Crippen molar-refractivity contribution in [3.63, 3.8) is 0 Å². The highest BCUT2D eigenvalue weighted by Gasteiger charge is 2.21. The summed E-state index contributed by atoms with van der Waals surface area (Å²) in [5.41, 5.74) is 4.11. The molecule has 3 heterocycles. The third kappa shape index (κ3) is 2.21. The van der Waals surface area contributed by atoms with E-state index in [0.717, 1.165) is 41.3 Å². The van der Waals surface area contributed by atoms with Crippen molar-refractivity contribution < 1.29 is 4.39 Å². The molecule has 0 saturated heterocycles. The van der Waals surface area contributed by atoms with Gasteiger partial charge in [-0.1, -0.05) is 0 Å². The Morgan fingerprint density at radius 1 is 0.909 bits per heavy atom. The molecular weight excluding hydrogens is 277 g/mol. The van der Waals surface area contributed by atoms with Crippen LogP contribution in [-0.4, -0.2) is 14.5 Å². The Labute approximate surface area is 128 Å². The number of hydrogen-bond donors (Lipinski definition) is 0. The van der Waals surface area contributed by atoms with Crippen molar-refractivity contribution in [2.24, 2.45) is 0 Å². The molecule has 0 aliphatic carbocycles. The average molecular weight is 293 g/mol. The normalized spacial score (nSPS) is 13.9. The van der Waals surface area contributed by atoms with Crippen molar-refractivity contribution in [2.45, 2.75) is 25.8 Å². The maximum absolute atomic E-state index is 13.2. The zero-order chi connectivity index (χ0) is 14.9. The highest BCUT2D eigenvalue weighted by atomic mass is 19.1. The van der Waals surface area contributed by atoms with E-state index in [9.17, 15) is 4.39 Å². The summed E-state index contributed by atoms with van der Waals surface area (Å²) < 4.78 is 15.5. The minimum absolute atomic E-state index is 0.224. The molecule has 0 saturated carbocycles. The van der Waals surface area contributed by atoms with E-state index in [-0.39, 0.29) is 5.82 Å². The van der Waals surface area contributed by atoms with E-state index < -0.39 is 0 Å². The van der Waals surface area contributed by atoms with Gasteiger partial charge in [-0.25, -0.2) is 9.37 Å². The van der Waals surface area contributed by atoms with Gasteiger partial charge in [-0.05, 0) is 49.2 Å². The van der Waals surface area contributed by atoms with Gasteiger partial charge >= 0.3 is 0 Å². The van der Waals surface area contributed by atoms with Crippen LogP contribution in [0.2, 0.25) is 0 Å². The summed E-state index contributed by atoms with van der Waals surface area (Å²) in [6, 6.07) is 10.6. The Morgan fingerprint density at radius 2 is 1.68 bits per heavy atom. The highest BCUT2D eigenvalue weighted by Crippen LogP contribution is 2.34. The molecule has 2 aromatic heterocycles. The predicted molar refractivity (Wildman–Crippen MR) is 83.8 cm³/mol. The monoisotopic (exact) mass is 293 g/mol. The first-order valence-corrected chi connectivity index (χ1v) is 7.58. The van der Waals surface area contributed by atoms with Gasteiger partial charge in [0.2, 0.25) is 0 Å². The van der Waals surface area contributed by atoms with Crippen molar-refractivity contribution in [2.75, 3.05) is 0 Å². The van der Waals surface area contributed by atoms with E-state index in [1.807, 2.05) is 12.1 Å². The standard InChI is InChI=1S/C18H16FN3/c19-15-6-4-13(5-7-15)17-18(14-8-10-20-11-9-14)22-12-2-1-3-16(22)21-17/h4-11H,1-3,12H2. The lowest BCUT2D eigenvalue weighted by Gasteiger charge is -2.16. The van der Waals surface area contributed by atoms with Crippen LogP contribution in [0.15, 0.2) is 48.8 Å². The van der Waals surface area contributed by atoms with Gasteiger partial charge in [0.25, 0.3) is 0 Å². The van der Waals surface area contributed by atoms with Crippen LogP contribution in [0.3, 0.4) is 0 Å².